The first-order valence-corrected chi connectivity index (χ1v) is 6.79. The van der Waals surface area contributed by atoms with E-state index in [1.807, 2.05) is 0 Å². The first-order valence-electron chi connectivity index (χ1n) is 4.76. The van der Waals surface area contributed by atoms with Gasteiger partial charge in [-0.2, -0.15) is 8.78 Å². The average molecular weight is 285 g/mol. The Labute approximate surface area is 103 Å². The summed E-state index contributed by atoms with van der Waals surface area (Å²) in [6.45, 7) is 0.0745. The Hall–Kier alpha value is -0.720. The first kappa shape index (κ1) is 14.3. The number of alkyl halides is 2. The summed E-state index contributed by atoms with van der Waals surface area (Å²) in [7, 11) is -3.54. The fourth-order valence-electron chi connectivity index (χ4n) is 1.23. The van der Waals surface area contributed by atoms with Crippen molar-refractivity contribution in [3.05, 3.63) is 28.8 Å². The van der Waals surface area contributed by atoms with Crippen LogP contribution in [0.4, 0.5) is 8.78 Å². The highest BCUT2D eigenvalue weighted by Gasteiger charge is 2.31. The Bertz CT molecular complexity index is 514. The summed E-state index contributed by atoms with van der Waals surface area (Å²) < 4.78 is 49.3. The number of sulfone groups is 1. The van der Waals surface area contributed by atoms with Gasteiger partial charge in [-0.1, -0.05) is 24.6 Å². The highest BCUT2D eigenvalue weighted by Crippen LogP contribution is 2.32. The summed E-state index contributed by atoms with van der Waals surface area (Å²) in [5, 5.41) is 8.24. The van der Waals surface area contributed by atoms with Crippen LogP contribution in [0.2, 0.25) is 5.02 Å². The Balaban J connectivity index is 3.29. The topological polar surface area (TPSA) is 54.4 Å². The van der Waals surface area contributed by atoms with Crippen LogP contribution in [0.5, 0.6) is 0 Å². The molecular formula is C10H11ClF2O3S. The molecule has 3 nitrogen and oxygen atoms in total. The second-order valence-electron chi connectivity index (χ2n) is 3.41. The summed E-state index contributed by atoms with van der Waals surface area (Å²) in [6.07, 6.45) is 0. The third-order valence-corrected chi connectivity index (χ3v) is 4.48. The Morgan fingerprint density at radius 1 is 1.41 bits per heavy atom. The number of rotatable bonds is 4. The van der Waals surface area contributed by atoms with Crippen molar-refractivity contribution in [3.8, 4) is 0 Å². The highest BCUT2D eigenvalue weighted by molar-refractivity contribution is 7.91. The predicted molar refractivity (Wildman–Crippen MR) is 60.2 cm³/mol. The molecule has 0 fully saturated rings. The summed E-state index contributed by atoms with van der Waals surface area (Å²) in [5.74, 6) is -3.60. The number of halogens is 3. The van der Waals surface area contributed by atoms with Gasteiger partial charge in [0, 0.05) is 5.56 Å². The van der Waals surface area contributed by atoms with Crippen LogP contribution in [-0.4, -0.2) is 25.9 Å². The zero-order chi connectivity index (χ0) is 13.3. The maximum atomic E-state index is 13.1. The summed E-state index contributed by atoms with van der Waals surface area (Å²) >= 11 is 5.66. The molecule has 0 saturated carbocycles. The summed E-state index contributed by atoms with van der Waals surface area (Å²) in [6, 6.07) is 2.84. The van der Waals surface area contributed by atoms with Gasteiger partial charge < -0.3 is 5.11 Å². The van der Waals surface area contributed by atoms with Crippen molar-refractivity contribution in [1.82, 2.24) is 0 Å². The minimum atomic E-state index is -3.54. The van der Waals surface area contributed by atoms with Gasteiger partial charge in [0.2, 0.25) is 0 Å². The molecule has 0 aliphatic rings. The summed E-state index contributed by atoms with van der Waals surface area (Å²) in [5.41, 5.74) is -0.514. The monoisotopic (exact) mass is 284 g/mol. The fraction of sp³-hybridized carbons (Fsp3) is 0.400. The minimum absolute atomic E-state index is 0.164. The van der Waals surface area contributed by atoms with E-state index in [0.29, 0.717) is 0 Å². The maximum absolute atomic E-state index is 13.1. The van der Waals surface area contributed by atoms with Gasteiger partial charge in [0.05, 0.1) is 15.7 Å². The standard InChI is InChI=1S/C10H11ClF2O3S/c1-2-17(15,16)9-4-3-7(5-8(9)11)10(12,13)6-14/h3-5,14H,2,6H2,1H3. The van der Waals surface area contributed by atoms with Gasteiger partial charge in [0.1, 0.15) is 6.61 Å². The molecule has 0 aromatic heterocycles. The van der Waals surface area contributed by atoms with E-state index in [1.54, 1.807) is 0 Å². The van der Waals surface area contributed by atoms with Crippen LogP contribution in [0.1, 0.15) is 12.5 Å². The molecule has 0 saturated heterocycles. The van der Waals surface area contributed by atoms with Gasteiger partial charge in [0.15, 0.2) is 9.84 Å². The van der Waals surface area contributed by atoms with Crippen LogP contribution < -0.4 is 0 Å². The van der Waals surface area contributed by atoms with Crippen LogP contribution in [0.3, 0.4) is 0 Å². The lowest BCUT2D eigenvalue weighted by atomic mass is 10.1. The van der Waals surface area contributed by atoms with Crippen molar-refractivity contribution in [3.63, 3.8) is 0 Å². The van der Waals surface area contributed by atoms with E-state index in [9.17, 15) is 17.2 Å². The lowest BCUT2D eigenvalue weighted by Gasteiger charge is -2.14. The lowest BCUT2D eigenvalue weighted by Crippen LogP contribution is -2.18. The van der Waals surface area contributed by atoms with Crippen molar-refractivity contribution in [2.24, 2.45) is 0 Å². The van der Waals surface area contributed by atoms with Crippen LogP contribution in [0.15, 0.2) is 23.1 Å². The second kappa shape index (κ2) is 4.88. The van der Waals surface area contributed by atoms with Gasteiger partial charge in [-0.25, -0.2) is 8.42 Å². The first-order chi connectivity index (χ1) is 7.74. The van der Waals surface area contributed by atoms with Crippen molar-refractivity contribution < 1.29 is 22.3 Å². The molecule has 1 N–H and O–H groups in total. The molecule has 0 aliphatic heterocycles. The van der Waals surface area contributed by atoms with Crippen LogP contribution in [0.25, 0.3) is 0 Å². The van der Waals surface area contributed by atoms with Crippen molar-refractivity contribution in [1.29, 1.82) is 0 Å². The molecule has 17 heavy (non-hydrogen) atoms. The lowest BCUT2D eigenvalue weighted by molar-refractivity contribution is -0.0556. The Morgan fingerprint density at radius 2 is 2.00 bits per heavy atom. The molecule has 0 spiro atoms. The molecule has 0 unspecified atom stereocenters. The minimum Gasteiger partial charge on any atom is -0.390 e. The smallest absolute Gasteiger partial charge is 0.295 e. The van der Waals surface area contributed by atoms with Crippen molar-refractivity contribution in [2.75, 3.05) is 12.4 Å². The molecule has 0 atom stereocenters. The Kier molecular flexibility index (Phi) is 4.11. The molecule has 1 rings (SSSR count). The van der Waals surface area contributed by atoms with E-state index in [1.165, 1.54) is 6.92 Å². The van der Waals surface area contributed by atoms with Crippen LogP contribution in [-0.2, 0) is 15.8 Å². The van der Waals surface area contributed by atoms with E-state index in [0.717, 1.165) is 18.2 Å². The molecule has 1 aromatic rings. The van der Waals surface area contributed by atoms with Gasteiger partial charge >= 0.3 is 0 Å². The number of benzene rings is 1. The van der Waals surface area contributed by atoms with Gasteiger partial charge in [0.25, 0.3) is 5.92 Å². The molecule has 96 valence electrons. The normalized spacial score (nSPS) is 12.8. The van der Waals surface area contributed by atoms with E-state index in [4.69, 9.17) is 16.7 Å². The number of aliphatic hydroxyl groups is 1. The number of aliphatic hydroxyl groups excluding tert-OH is 1. The molecule has 7 heteroatoms. The summed E-state index contributed by atoms with van der Waals surface area (Å²) in [4.78, 5) is -0.181. The van der Waals surface area contributed by atoms with Crippen LogP contribution in [0, 0.1) is 0 Å². The van der Waals surface area contributed by atoms with Crippen molar-refractivity contribution >= 4 is 21.4 Å². The quantitative estimate of drug-likeness (QED) is 0.922. The third-order valence-electron chi connectivity index (χ3n) is 2.27. The van der Waals surface area contributed by atoms with Crippen molar-refractivity contribution in [2.45, 2.75) is 17.7 Å². The van der Waals surface area contributed by atoms with E-state index < -0.39 is 27.9 Å². The second-order valence-corrected chi connectivity index (χ2v) is 6.07. The molecular weight excluding hydrogens is 274 g/mol. The predicted octanol–water partition coefficient (Wildman–Crippen LogP) is 2.22. The fourth-order valence-corrected chi connectivity index (χ4v) is 2.70. The molecule has 0 aliphatic carbocycles. The third kappa shape index (κ3) is 2.94. The van der Waals surface area contributed by atoms with Gasteiger partial charge in [-0.15, -0.1) is 0 Å². The number of hydrogen-bond donors (Lipinski definition) is 1. The van der Waals surface area contributed by atoms with E-state index in [2.05, 4.69) is 0 Å². The maximum Gasteiger partial charge on any atom is 0.295 e. The largest absolute Gasteiger partial charge is 0.390 e. The van der Waals surface area contributed by atoms with Gasteiger partial charge in [-0.05, 0) is 12.1 Å². The molecule has 1 aromatic carbocycles. The van der Waals surface area contributed by atoms with Crippen LogP contribution >= 0.6 is 11.6 Å². The molecule has 0 bridgehead atoms. The SMILES string of the molecule is CCS(=O)(=O)c1ccc(C(F)(F)CO)cc1Cl. The number of hydrogen-bond acceptors (Lipinski definition) is 3. The molecule has 0 amide bonds. The van der Waals surface area contributed by atoms with E-state index in [-0.39, 0.29) is 15.7 Å². The van der Waals surface area contributed by atoms with Gasteiger partial charge in [-0.3, -0.25) is 0 Å². The molecule has 0 heterocycles. The van der Waals surface area contributed by atoms with E-state index >= 15 is 0 Å². The Morgan fingerprint density at radius 3 is 2.41 bits per heavy atom. The zero-order valence-corrected chi connectivity index (χ0v) is 10.5. The zero-order valence-electron chi connectivity index (χ0n) is 8.95. The molecule has 0 radical (unpaired) electrons. The highest BCUT2D eigenvalue weighted by atomic mass is 35.5. The average Bonchev–Trinajstić information content (AvgIpc) is 2.28.